The molecule has 4 heteroatoms. The van der Waals surface area contributed by atoms with Crippen LogP contribution >= 0.6 is 11.8 Å². The fourth-order valence-electron chi connectivity index (χ4n) is 1.71. The largest absolute Gasteiger partial charge is 0.396 e. The number of thioether (sulfide) groups is 1. The van der Waals surface area contributed by atoms with Crippen molar-refractivity contribution >= 4 is 17.7 Å². The van der Waals surface area contributed by atoms with Gasteiger partial charge in [-0.2, -0.15) is 0 Å². The minimum absolute atomic E-state index is 0.114. The topological polar surface area (TPSA) is 49.3 Å². The molecule has 0 fully saturated rings. The summed E-state index contributed by atoms with van der Waals surface area (Å²) in [7, 11) is 0. The number of aliphatic hydroxyl groups excluding tert-OH is 1. The number of carbonyl (C=O) groups excluding carboxylic acids is 1. The number of benzene rings is 1. The van der Waals surface area contributed by atoms with Crippen molar-refractivity contribution in [3.05, 3.63) is 35.9 Å². The Hall–Kier alpha value is -1.00. The first-order valence-electron chi connectivity index (χ1n) is 6.82. The average Bonchev–Trinajstić information content (AvgIpc) is 2.44. The molecule has 3 nitrogen and oxygen atoms in total. The molecule has 0 saturated heterocycles. The Morgan fingerprint density at radius 3 is 2.58 bits per heavy atom. The van der Waals surface area contributed by atoms with Crippen molar-refractivity contribution in [2.24, 2.45) is 0 Å². The van der Waals surface area contributed by atoms with E-state index in [2.05, 4.69) is 17.4 Å². The number of hydrogen-bond donors (Lipinski definition) is 2. The monoisotopic (exact) mass is 281 g/mol. The van der Waals surface area contributed by atoms with Crippen molar-refractivity contribution in [3.63, 3.8) is 0 Å². The molecule has 19 heavy (non-hydrogen) atoms. The zero-order valence-electron chi connectivity index (χ0n) is 11.3. The van der Waals surface area contributed by atoms with Crippen LogP contribution in [-0.4, -0.2) is 29.9 Å². The Morgan fingerprint density at radius 1 is 1.11 bits per heavy atom. The highest BCUT2D eigenvalue weighted by Crippen LogP contribution is 2.10. The van der Waals surface area contributed by atoms with E-state index in [4.69, 9.17) is 5.11 Å². The van der Waals surface area contributed by atoms with Gasteiger partial charge in [-0.3, -0.25) is 4.79 Å². The van der Waals surface area contributed by atoms with Gasteiger partial charge in [0.2, 0.25) is 5.91 Å². The van der Waals surface area contributed by atoms with Crippen LogP contribution in [0.1, 0.15) is 31.2 Å². The SMILES string of the molecule is O=C(CSCc1ccccc1)NCCCCCCO. The maximum Gasteiger partial charge on any atom is 0.230 e. The van der Waals surface area contributed by atoms with E-state index in [1.807, 2.05) is 18.2 Å². The second-order valence-corrected chi connectivity index (χ2v) is 5.45. The van der Waals surface area contributed by atoms with Gasteiger partial charge >= 0.3 is 0 Å². The summed E-state index contributed by atoms with van der Waals surface area (Å²) in [6.07, 6.45) is 3.96. The van der Waals surface area contributed by atoms with Gasteiger partial charge in [-0.25, -0.2) is 0 Å². The molecule has 0 bridgehead atoms. The molecule has 0 atom stereocenters. The molecular formula is C15H23NO2S. The van der Waals surface area contributed by atoms with Gasteiger partial charge in [0.15, 0.2) is 0 Å². The number of amides is 1. The van der Waals surface area contributed by atoms with Crippen molar-refractivity contribution in [1.29, 1.82) is 0 Å². The van der Waals surface area contributed by atoms with Crippen LogP contribution in [0.4, 0.5) is 0 Å². The normalized spacial score (nSPS) is 10.4. The molecule has 0 aliphatic rings. The van der Waals surface area contributed by atoms with Crippen LogP contribution in [0.15, 0.2) is 30.3 Å². The number of nitrogens with one attached hydrogen (secondary N) is 1. The van der Waals surface area contributed by atoms with Gasteiger partial charge in [0.25, 0.3) is 0 Å². The van der Waals surface area contributed by atoms with E-state index < -0.39 is 0 Å². The Bertz CT molecular complexity index is 343. The first kappa shape index (κ1) is 16.1. The third-order valence-corrected chi connectivity index (χ3v) is 3.76. The first-order chi connectivity index (χ1) is 9.33. The van der Waals surface area contributed by atoms with Crippen molar-refractivity contribution < 1.29 is 9.90 Å². The summed E-state index contributed by atoms with van der Waals surface area (Å²) < 4.78 is 0. The molecule has 0 spiro atoms. The molecule has 0 aliphatic heterocycles. The second-order valence-electron chi connectivity index (χ2n) is 4.47. The smallest absolute Gasteiger partial charge is 0.230 e. The fourth-order valence-corrected chi connectivity index (χ4v) is 2.52. The lowest BCUT2D eigenvalue weighted by Crippen LogP contribution is -2.26. The highest BCUT2D eigenvalue weighted by Gasteiger charge is 2.01. The third-order valence-electron chi connectivity index (χ3n) is 2.75. The van der Waals surface area contributed by atoms with E-state index >= 15 is 0 Å². The number of aliphatic hydroxyl groups is 1. The summed E-state index contributed by atoms with van der Waals surface area (Å²) in [5, 5.41) is 11.6. The molecular weight excluding hydrogens is 258 g/mol. The predicted octanol–water partition coefficient (Wildman–Crippen LogP) is 2.59. The number of unbranched alkanes of at least 4 members (excludes halogenated alkanes) is 3. The van der Waals surface area contributed by atoms with Gasteiger partial charge in [0, 0.05) is 18.9 Å². The minimum Gasteiger partial charge on any atom is -0.396 e. The van der Waals surface area contributed by atoms with Gasteiger partial charge in [-0.1, -0.05) is 43.2 Å². The van der Waals surface area contributed by atoms with E-state index in [9.17, 15) is 4.79 Å². The molecule has 0 aromatic heterocycles. The summed E-state index contributed by atoms with van der Waals surface area (Å²) in [6.45, 7) is 1.01. The quantitative estimate of drug-likeness (QED) is 0.648. The molecule has 1 rings (SSSR count). The maximum absolute atomic E-state index is 11.6. The third kappa shape index (κ3) is 8.67. The van der Waals surface area contributed by atoms with Crippen LogP contribution in [0.2, 0.25) is 0 Å². The fraction of sp³-hybridized carbons (Fsp3) is 0.533. The van der Waals surface area contributed by atoms with Crippen molar-refractivity contribution in [2.45, 2.75) is 31.4 Å². The molecule has 0 aliphatic carbocycles. The van der Waals surface area contributed by atoms with E-state index in [1.54, 1.807) is 11.8 Å². The highest BCUT2D eigenvalue weighted by atomic mass is 32.2. The molecule has 0 unspecified atom stereocenters. The molecule has 0 saturated carbocycles. The molecule has 0 heterocycles. The molecule has 1 aromatic rings. The standard InChI is InChI=1S/C15H23NO2S/c17-11-7-2-1-6-10-16-15(18)13-19-12-14-8-4-3-5-9-14/h3-5,8-9,17H,1-2,6-7,10-13H2,(H,16,18). The predicted molar refractivity (Wildman–Crippen MR) is 81.2 cm³/mol. The molecule has 1 amide bonds. The van der Waals surface area contributed by atoms with Crippen molar-refractivity contribution in [3.8, 4) is 0 Å². The Balaban J connectivity index is 1.96. The zero-order chi connectivity index (χ0) is 13.8. The molecule has 1 aromatic carbocycles. The minimum atomic E-state index is 0.114. The van der Waals surface area contributed by atoms with E-state index in [0.29, 0.717) is 5.75 Å². The second kappa shape index (κ2) is 10.9. The molecule has 2 N–H and O–H groups in total. The van der Waals surface area contributed by atoms with Gasteiger partial charge in [-0.15, -0.1) is 11.8 Å². The average molecular weight is 281 g/mol. The lowest BCUT2D eigenvalue weighted by atomic mass is 10.2. The zero-order valence-corrected chi connectivity index (χ0v) is 12.1. The Morgan fingerprint density at radius 2 is 1.84 bits per heavy atom. The number of carbonyl (C=O) groups is 1. The Kier molecular flexibility index (Phi) is 9.19. The number of rotatable bonds is 10. The summed E-state index contributed by atoms with van der Waals surface area (Å²) in [6, 6.07) is 10.2. The lowest BCUT2D eigenvalue weighted by Gasteiger charge is -2.05. The van der Waals surface area contributed by atoms with Gasteiger partial charge in [0.1, 0.15) is 0 Å². The van der Waals surface area contributed by atoms with Crippen LogP contribution in [0, 0.1) is 0 Å². The summed E-state index contributed by atoms with van der Waals surface area (Å²) in [4.78, 5) is 11.6. The number of hydrogen-bond acceptors (Lipinski definition) is 3. The highest BCUT2D eigenvalue weighted by molar-refractivity contribution is 7.99. The summed E-state index contributed by atoms with van der Waals surface area (Å²) in [5.74, 6) is 1.51. The first-order valence-corrected chi connectivity index (χ1v) is 7.97. The van der Waals surface area contributed by atoms with E-state index in [-0.39, 0.29) is 12.5 Å². The molecule has 0 radical (unpaired) electrons. The summed E-state index contributed by atoms with van der Waals surface area (Å²) >= 11 is 1.64. The van der Waals surface area contributed by atoms with Gasteiger partial charge in [0.05, 0.1) is 5.75 Å². The van der Waals surface area contributed by atoms with Crippen molar-refractivity contribution in [2.75, 3.05) is 18.9 Å². The van der Waals surface area contributed by atoms with Crippen LogP contribution in [0.3, 0.4) is 0 Å². The summed E-state index contributed by atoms with van der Waals surface area (Å²) in [5.41, 5.74) is 1.25. The van der Waals surface area contributed by atoms with Gasteiger partial charge < -0.3 is 10.4 Å². The van der Waals surface area contributed by atoms with E-state index in [1.165, 1.54) is 5.56 Å². The van der Waals surface area contributed by atoms with Crippen molar-refractivity contribution in [1.82, 2.24) is 5.32 Å². The van der Waals surface area contributed by atoms with E-state index in [0.717, 1.165) is 38.0 Å². The van der Waals surface area contributed by atoms with Crippen LogP contribution in [-0.2, 0) is 10.5 Å². The van der Waals surface area contributed by atoms with Crippen LogP contribution in [0.5, 0.6) is 0 Å². The Labute approximate surface area is 119 Å². The van der Waals surface area contributed by atoms with Gasteiger partial charge in [-0.05, 0) is 18.4 Å². The van der Waals surface area contributed by atoms with Crippen LogP contribution < -0.4 is 5.32 Å². The molecule has 106 valence electrons. The van der Waals surface area contributed by atoms with Crippen LogP contribution in [0.25, 0.3) is 0 Å². The lowest BCUT2D eigenvalue weighted by molar-refractivity contribution is -0.118. The maximum atomic E-state index is 11.6.